The number of nitrogens with one attached hydrogen (secondary N) is 1. The number of aromatic nitrogens is 3. The van der Waals surface area contributed by atoms with Crippen molar-refractivity contribution in [2.75, 3.05) is 36.6 Å². The Kier molecular flexibility index (Phi) is 5.28. The Morgan fingerprint density at radius 2 is 2.15 bits per heavy atom. The van der Waals surface area contributed by atoms with Crippen LogP contribution in [0.15, 0.2) is 30.6 Å². The van der Waals surface area contributed by atoms with Crippen LogP contribution in [0.1, 0.15) is 32.4 Å². The van der Waals surface area contributed by atoms with E-state index in [1.54, 1.807) is 18.0 Å². The van der Waals surface area contributed by atoms with E-state index in [9.17, 15) is 9.59 Å². The molecule has 172 valence electrons. The smallest absolute Gasteiger partial charge is 0.414 e. The standard InChI is InChI=1S/C24H27N5O4/c1-4-33-23(31)29-9-7-24(8-10-32-14-24)22-19(29)6-5-18(27-22)17-13-28(3)20-12-25-21(11-16(17)20)26-15(2)30/h5-6,11-13H,4,7-10,14H2,1-3H3,(H,25,26,30). The number of fused-ring (bicyclic) bond motifs is 3. The van der Waals surface area contributed by atoms with Crippen LogP contribution in [0.5, 0.6) is 0 Å². The van der Waals surface area contributed by atoms with Crippen LogP contribution in [0.3, 0.4) is 0 Å². The molecular formula is C24H27N5O4. The lowest BCUT2D eigenvalue weighted by Crippen LogP contribution is -2.44. The SMILES string of the molecule is CCOC(=O)N1CCC2(CCOC2)c2nc(-c3cn(C)c4cnc(NC(C)=O)cc34)ccc21. The van der Waals surface area contributed by atoms with Gasteiger partial charge in [-0.15, -0.1) is 0 Å². The van der Waals surface area contributed by atoms with Gasteiger partial charge in [0.2, 0.25) is 5.91 Å². The number of carbonyl (C=O) groups is 2. The highest BCUT2D eigenvalue weighted by Crippen LogP contribution is 2.45. The summed E-state index contributed by atoms with van der Waals surface area (Å²) in [5, 5.41) is 3.69. The molecule has 0 bridgehead atoms. The molecule has 1 N–H and O–H groups in total. The molecule has 0 radical (unpaired) electrons. The fraction of sp³-hybridized carbons (Fsp3) is 0.417. The summed E-state index contributed by atoms with van der Waals surface area (Å²) in [6.45, 7) is 5.45. The van der Waals surface area contributed by atoms with Gasteiger partial charge >= 0.3 is 6.09 Å². The quantitative estimate of drug-likeness (QED) is 0.656. The van der Waals surface area contributed by atoms with Gasteiger partial charge in [-0.25, -0.2) is 14.8 Å². The van der Waals surface area contributed by atoms with E-state index in [1.807, 2.05) is 36.0 Å². The molecule has 3 aromatic heterocycles. The van der Waals surface area contributed by atoms with E-state index in [0.29, 0.717) is 32.2 Å². The molecule has 0 aromatic carbocycles. The minimum absolute atomic E-state index is 0.173. The molecule has 5 heterocycles. The molecule has 1 atom stereocenters. The molecule has 0 saturated carbocycles. The molecule has 2 amide bonds. The minimum Gasteiger partial charge on any atom is -0.449 e. The summed E-state index contributed by atoms with van der Waals surface area (Å²) in [5.74, 6) is 0.322. The molecule has 9 heteroatoms. The highest BCUT2D eigenvalue weighted by Gasteiger charge is 2.45. The fourth-order valence-electron chi connectivity index (χ4n) is 4.89. The van der Waals surface area contributed by atoms with Crippen LogP contribution >= 0.6 is 0 Å². The van der Waals surface area contributed by atoms with E-state index < -0.39 is 0 Å². The Bertz CT molecular complexity index is 1250. The molecule has 3 aromatic rings. The first-order valence-electron chi connectivity index (χ1n) is 11.2. The minimum atomic E-state index is -0.349. The van der Waals surface area contributed by atoms with E-state index in [-0.39, 0.29) is 17.4 Å². The summed E-state index contributed by atoms with van der Waals surface area (Å²) in [6, 6.07) is 5.77. The lowest BCUT2D eigenvalue weighted by atomic mass is 9.76. The Labute approximate surface area is 191 Å². The largest absolute Gasteiger partial charge is 0.449 e. The van der Waals surface area contributed by atoms with E-state index in [2.05, 4.69) is 10.3 Å². The number of amides is 2. The molecule has 1 spiro atoms. The van der Waals surface area contributed by atoms with Crippen LogP contribution in [-0.2, 0) is 26.7 Å². The van der Waals surface area contributed by atoms with E-state index in [1.165, 1.54) is 6.92 Å². The predicted octanol–water partition coefficient (Wildman–Crippen LogP) is 3.62. The van der Waals surface area contributed by atoms with Crippen molar-refractivity contribution in [3.8, 4) is 11.3 Å². The van der Waals surface area contributed by atoms with Gasteiger partial charge in [-0.2, -0.15) is 0 Å². The average molecular weight is 450 g/mol. The van der Waals surface area contributed by atoms with Gasteiger partial charge in [0.25, 0.3) is 0 Å². The van der Waals surface area contributed by atoms with Crippen molar-refractivity contribution in [2.45, 2.75) is 32.1 Å². The van der Waals surface area contributed by atoms with Crippen molar-refractivity contribution in [2.24, 2.45) is 7.05 Å². The zero-order chi connectivity index (χ0) is 23.2. The summed E-state index contributed by atoms with van der Waals surface area (Å²) in [4.78, 5) is 35.3. The first-order chi connectivity index (χ1) is 15.9. The molecule has 5 rings (SSSR count). The van der Waals surface area contributed by atoms with Gasteiger partial charge < -0.3 is 19.4 Å². The van der Waals surface area contributed by atoms with Crippen LogP contribution in [0.2, 0.25) is 0 Å². The Hall–Kier alpha value is -3.46. The lowest BCUT2D eigenvalue weighted by molar-refractivity contribution is -0.114. The third-order valence-electron chi connectivity index (χ3n) is 6.53. The van der Waals surface area contributed by atoms with Crippen molar-refractivity contribution in [3.63, 3.8) is 0 Å². The molecule has 1 unspecified atom stereocenters. The highest BCUT2D eigenvalue weighted by molar-refractivity contribution is 5.98. The maximum absolute atomic E-state index is 12.6. The van der Waals surface area contributed by atoms with Crippen molar-refractivity contribution < 1.29 is 19.1 Å². The van der Waals surface area contributed by atoms with Crippen molar-refractivity contribution in [1.29, 1.82) is 0 Å². The summed E-state index contributed by atoms with van der Waals surface area (Å²) >= 11 is 0. The third kappa shape index (κ3) is 3.62. The first-order valence-corrected chi connectivity index (χ1v) is 11.2. The summed E-state index contributed by atoms with van der Waals surface area (Å²) < 4.78 is 13.1. The summed E-state index contributed by atoms with van der Waals surface area (Å²) in [7, 11) is 1.96. The van der Waals surface area contributed by atoms with Crippen LogP contribution in [0, 0.1) is 0 Å². The molecule has 33 heavy (non-hydrogen) atoms. The Balaban J connectivity index is 1.64. The maximum Gasteiger partial charge on any atom is 0.414 e. The maximum atomic E-state index is 12.6. The number of aryl methyl sites for hydroxylation is 1. The van der Waals surface area contributed by atoms with Crippen LogP contribution < -0.4 is 10.2 Å². The van der Waals surface area contributed by atoms with Crippen molar-refractivity contribution in [1.82, 2.24) is 14.5 Å². The zero-order valence-corrected chi connectivity index (χ0v) is 19.1. The number of anilines is 2. The van der Waals surface area contributed by atoms with Gasteiger partial charge in [-0.1, -0.05) is 0 Å². The number of hydrogen-bond donors (Lipinski definition) is 1. The topological polar surface area (TPSA) is 98.6 Å². The van der Waals surface area contributed by atoms with Crippen molar-refractivity contribution in [3.05, 3.63) is 36.3 Å². The highest BCUT2D eigenvalue weighted by atomic mass is 16.6. The number of hydrogen-bond acceptors (Lipinski definition) is 6. The number of carbonyl (C=O) groups excluding carboxylic acids is 2. The van der Waals surface area contributed by atoms with Gasteiger partial charge in [-0.3, -0.25) is 9.69 Å². The van der Waals surface area contributed by atoms with E-state index in [4.69, 9.17) is 14.5 Å². The monoisotopic (exact) mass is 449 g/mol. The average Bonchev–Trinajstić information content (AvgIpc) is 3.39. The molecular weight excluding hydrogens is 422 g/mol. The number of ether oxygens (including phenoxy) is 2. The molecule has 2 aliphatic rings. The second-order valence-electron chi connectivity index (χ2n) is 8.67. The lowest BCUT2D eigenvalue weighted by Gasteiger charge is -2.38. The molecule has 0 aliphatic carbocycles. The third-order valence-corrected chi connectivity index (χ3v) is 6.53. The molecule has 9 nitrogen and oxygen atoms in total. The van der Waals surface area contributed by atoms with Gasteiger partial charge in [0, 0.05) is 49.7 Å². The van der Waals surface area contributed by atoms with Gasteiger partial charge in [0.05, 0.1) is 42.0 Å². The fourth-order valence-corrected chi connectivity index (χ4v) is 4.89. The summed E-state index contributed by atoms with van der Waals surface area (Å²) in [6.07, 6.45) is 5.07. The second-order valence-corrected chi connectivity index (χ2v) is 8.67. The molecule has 2 aliphatic heterocycles. The number of nitrogens with zero attached hydrogens (tertiary/aromatic N) is 4. The predicted molar refractivity (Wildman–Crippen MR) is 124 cm³/mol. The number of pyridine rings is 2. The van der Waals surface area contributed by atoms with Crippen LogP contribution in [0.25, 0.3) is 22.2 Å². The first kappa shape index (κ1) is 21.4. The Morgan fingerprint density at radius 3 is 2.88 bits per heavy atom. The van der Waals surface area contributed by atoms with Crippen LogP contribution in [0.4, 0.5) is 16.3 Å². The molecule has 1 fully saturated rings. The normalized spacial score (nSPS) is 19.7. The van der Waals surface area contributed by atoms with Crippen molar-refractivity contribution >= 4 is 34.4 Å². The summed E-state index contributed by atoms with van der Waals surface area (Å²) in [5.41, 5.74) is 4.13. The van der Waals surface area contributed by atoms with E-state index >= 15 is 0 Å². The number of rotatable bonds is 3. The van der Waals surface area contributed by atoms with Gasteiger partial charge in [0.1, 0.15) is 5.82 Å². The zero-order valence-electron chi connectivity index (χ0n) is 19.1. The van der Waals surface area contributed by atoms with E-state index in [0.717, 1.165) is 46.4 Å². The second kappa shape index (κ2) is 8.15. The van der Waals surface area contributed by atoms with Crippen LogP contribution in [-0.4, -0.2) is 52.9 Å². The Morgan fingerprint density at radius 1 is 1.30 bits per heavy atom. The molecule has 1 saturated heterocycles. The van der Waals surface area contributed by atoms with Gasteiger partial charge in [-0.05, 0) is 38.0 Å². The van der Waals surface area contributed by atoms with Gasteiger partial charge in [0.15, 0.2) is 0 Å².